The summed E-state index contributed by atoms with van der Waals surface area (Å²) >= 11 is 10.1. The summed E-state index contributed by atoms with van der Waals surface area (Å²) in [5.41, 5.74) is 0. The van der Waals surface area contributed by atoms with E-state index in [1.807, 2.05) is 0 Å². The third kappa shape index (κ3) is 17.2. The summed E-state index contributed by atoms with van der Waals surface area (Å²) in [5, 5.41) is 0. The molecule has 0 atom stereocenters. The third-order valence-electron chi connectivity index (χ3n) is 0.0714. The van der Waals surface area contributed by atoms with Gasteiger partial charge in [0.05, 0.1) is 0 Å². The maximum absolute atomic E-state index is 5.05. The topological polar surface area (TPSA) is 0 Å². The van der Waals surface area contributed by atoms with Crippen LogP contribution in [0.25, 0.3) is 0 Å². The van der Waals surface area contributed by atoms with Gasteiger partial charge in [0.2, 0.25) is 0 Å². The number of halogens is 2. The van der Waals surface area contributed by atoms with Gasteiger partial charge in [-0.25, -0.2) is 0 Å². The number of rotatable bonds is 1. The first kappa shape index (κ1) is 15.6. The Morgan fingerprint density at radius 2 is 1.33 bits per heavy atom. The average molecular weight is 137 g/mol. The number of alkyl halides is 2. The van der Waals surface area contributed by atoms with Gasteiger partial charge in [0.1, 0.15) is 0 Å². The summed E-state index contributed by atoms with van der Waals surface area (Å²) in [4.78, 5) is 0. The van der Waals surface area contributed by atoms with Crippen molar-refractivity contribution in [3.05, 3.63) is 0 Å². The van der Waals surface area contributed by atoms with Gasteiger partial charge >= 0.3 is 18.9 Å². The molecular formula is C2H8AlCl2Li. The quantitative estimate of drug-likeness (QED) is 0.274. The van der Waals surface area contributed by atoms with Crippen LogP contribution in [0.2, 0.25) is 0 Å². The summed E-state index contributed by atoms with van der Waals surface area (Å²) in [6.45, 7) is 0. The maximum Gasteiger partial charge on any atom is 1.00 e. The van der Waals surface area contributed by atoms with Gasteiger partial charge in [-0.05, 0) is 0 Å². The molecule has 0 aromatic rings. The Morgan fingerprint density at radius 1 is 1.17 bits per heavy atom. The van der Waals surface area contributed by atoms with Crippen LogP contribution in [-0.4, -0.2) is 29.1 Å². The van der Waals surface area contributed by atoms with Gasteiger partial charge in [-0.1, -0.05) is 0 Å². The second-order valence-corrected chi connectivity index (χ2v) is 1.13. The Morgan fingerprint density at radius 3 is 1.33 bits per heavy atom. The smallest absolute Gasteiger partial charge is 1.00 e. The zero-order valence-corrected chi connectivity index (χ0v) is 4.68. The van der Waals surface area contributed by atoms with Gasteiger partial charge in [-0.15, -0.1) is 23.2 Å². The van der Waals surface area contributed by atoms with Crippen molar-refractivity contribution in [3.8, 4) is 0 Å². The Labute approximate surface area is 72.4 Å². The van der Waals surface area contributed by atoms with E-state index in [1.54, 1.807) is 0 Å². The molecule has 0 heterocycles. The summed E-state index contributed by atoms with van der Waals surface area (Å²) in [6, 6.07) is 0. The van der Waals surface area contributed by atoms with Crippen molar-refractivity contribution in [1.29, 1.82) is 0 Å². The fourth-order valence-corrected chi connectivity index (χ4v) is 0. The molecule has 4 heteroatoms. The summed E-state index contributed by atoms with van der Waals surface area (Å²) in [7, 11) is 0. The molecule has 0 spiro atoms. The first-order valence-electron chi connectivity index (χ1n) is 1.03. The Kier molecular flexibility index (Phi) is 41.5. The first-order chi connectivity index (χ1) is 1.91. The minimum absolute atomic E-state index is 0. The van der Waals surface area contributed by atoms with Crippen molar-refractivity contribution >= 4 is 40.6 Å². The molecule has 0 unspecified atom stereocenters. The van der Waals surface area contributed by atoms with Crippen molar-refractivity contribution in [2.75, 3.05) is 11.8 Å². The van der Waals surface area contributed by atoms with Gasteiger partial charge in [0, 0.05) is 11.8 Å². The average Bonchev–Trinajstić information content (AvgIpc) is 1.37. The molecule has 0 aliphatic heterocycles. The molecule has 34 valence electrons. The van der Waals surface area contributed by atoms with E-state index in [9.17, 15) is 0 Å². The Bertz CT molecular complexity index is 17.7. The largest absolute Gasteiger partial charge is 1.00 e. The van der Waals surface area contributed by atoms with Crippen molar-refractivity contribution in [2.24, 2.45) is 0 Å². The monoisotopic (exact) mass is 136 g/mol. The number of hydrogen-bond acceptors (Lipinski definition) is 0. The molecule has 0 bridgehead atoms. The fraction of sp³-hybridized carbons (Fsp3) is 1.00. The molecule has 0 nitrogen and oxygen atoms in total. The number of hydrogen-bond donors (Lipinski definition) is 0. The van der Waals surface area contributed by atoms with Crippen LogP contribution in [0.3, 0.4) is 0 Å². The van der Waals surface area contributed by atoms with Crippen LogP contribution >= 0.6 is 23.2 Å². The molecule has 0 N–H and O–H groups in total. The molecule has 0 radical (unpaired) electrons. The first-order valence-corrected chi connectivity index (χ1v) is 2.10. The van der Waals surface area contributed by atoms with E-state index in [1.165, 1.54) is 0 Å². The van der Waals surface area contributed by atoms with E-state index >= 15 is 0 Å². The van der Waals surface area contributed by atoms with Gasteiger partial charge < -0.3 is 1.43 Å². The Balaban J connectivity index is -0.0000000150. The van der Waals surface area contributed by atoms with Crippen LogP contribution < -0.4 is 18.9 Å². The summed E-state index contributed by atoms with van der Waals surface area (Å²) in [6.07, 6.45) is 0. The van der Waals surface area contributed by atoms with Gasteiger partial charge in [0.15, 0.2) is 17.4 Å². The second-order valence-electron chi connectivity index (χ2n) is 0.378. The van der Waals surface area contributed by atoms with Gasteiger partial charge in [-0.3, -0.25) is 0 Å². The van der Waals surface area contributed by atoms with Crippen LogP contribution in [0.1, 0.15) is 1.43 Å². The predicted octanol–water partition coefficient (Wildman–Crippen LogP) is -2.60. The normalized spacial score (nSPS) is 5.00. The van der Waals surface area contributed by atoms with Crippen molar-refractivity contribution in [2.45, 2.75) is 0 Å². The van der Waals surface area contributed by atoms with E-state index in [4.69, 9.17) is 23.2 Å². The van der Waals surface area contributed by atoms with Gasteiger partial charge in [0.25, 0.3) is 0 Å². The molecule has 0 rings (SSSR count). The molecule has 0 aromatic heterocycles. The van der Waals surface area contributed by atoms with Crippen LogP contribution in [0.15, 0.2) is 0 Å². The Hall–Kier alpha value is 1.71. The molecule has 0 aliphatic rings. The molecular weight excluding hydrogens is 129 g/mol. The summed E-state index contributed by atoms with van der Waals surface area (Å²) in [5.74, 6) is 1.11. The van der Waals surface area contributed by atoms with E-state index in [-0.39, 0.29) is 37.6 Å². The molecule has 6 heavy (non-hydrogen) atoms. The second kappa shape index (κ2) is 15.9. The molecule has 0 aliphatic carbocycles. The minimum atomic E-state index is 0. The summed E-state index contributed by atoms with van der Waals surface area (Å²) < 4.78 is 0. The predicted molar refractivity (Wildman–Crippen MR) is 32.5 cm³/mol. The van der Waals surface area contributed by atoms with E-state index in [0.29, 0.717) is 11.8 Å². The third-order valence-corrected chi connectivity index (χ3v) is 0.643. The molecule has 0 aromatic carbocycles. The van der Waals surface area contributed by atoms with Crippen molar-refractivity contribution in [3.63, 3.8) is 0 Å². The van der Waals surface area contributed by atoms with Crippen molar-refractivity contribution < 1.29 is 20.3 Å². The van der Waals surface area contributed by atoms with Crippen molar-refractivity contribution in [1.82, 2.24) is 0 Å². The fourth-order valence-electron chi connectivity index (χ4n) is 0. The molecule has 0 fully saturated rings. The molecule has 0 amide bonds. The van der Waals surface area contributed by atoms with E-state index < -0.39 is 0 Å². The van der Waals surface area contributed by atoms with Crippen LogP contribution in [0.5, 0.6) is 0 Å². The maximum atomic E-state index is 5.05. The zero-order chi connectivity index (χ0) is 3.41. The van der Waals surface area contributed by atoms with Gasteiger partial charge in [-0.2, -0.15) is 0 Å². The minimum Gasteiger partial charge on any atom is -1.00 e. The standard InChI is InChI=1S/C2H4Cl2.Al.Li.4H/c3-1-2-4;;;;;;/h1-2H2;;;;;;/q;;+1;;;;-1. The SMILES string of the molecule is ClCCCl.[AlH3].[H-].[Li+]. The zero-order valence-electron chi connectivity index (χ0n) is 4.17. The molecule has 0 saturated heterocycles. The van der Waals surface area contributed by atoms with Crippen LogP contribution in [0.4, 0.5) is 0 Å². The molecule has 0 saturated carbocycles. The van der Waals surface area contributed by atoms with Crippen LogP contribution in [0, 0.1) is 0 Å². The van der Waals surface area contributed by atoms with E-state index in [0.717, 1.165) is 0 Å². The van der Waals surface area contributed by atoms with E-state index in [2.05, 4.69) is 0 Å². The van der Waals surface area contributed by atoms with Crippen LogP contribution in [-0.2, 0) is 0 Å².